The molecule has 2 aromatic carbocycles. The van der Waals surface area contributed by atoms with Crippen molar-refractivity contribution in [2.75, 3.05) is 17.2 Å². The number of anilines is 2. The van der Waals surface area contributed by atoms with Gasteiger partial charge in [-0.05, 0) is 25.8 Å². The van der Waals surface area contributed by atoms with Crippen LogP contribution in [0.2, 0.25) is 0 Å². The van der Waals surface area contributed by atoms with Gasteiger partial charge in [-0.25, -0.2) is 9.97 Å². The van der Waals surface area contributed by atoms with E-state index in [1.807, 2.05) is 42.5 Å². The van der Waals surface area contributed by atoms with Crippen molar-refractivity contribution in [3.05, 3.63) is 72.3 Å². The lowest BCUT2D eigenvalue weighted by molar-refractivity contribution is 0.886. The Bertz CT molecular complexity index is 786. The van der Waals surface area contributed by atoms with Gasteiger partial charge in [0.05, 0.1) is 0 Å². The van der Waals surface area contributed by atoms with E-state index in [0.717, 1.165) is 36.0 Å². The van der Waals surface area contributed by atoms with Crippen LogP contribution in [0.25, 0.3) is 11.4 Å². The zero-order valence-corrected chi connectivity index (χ0v) is 14.7. The highest BCUT2D eigenvalue weighted by molar-refractivity contribution is 5.61. The standard InChI is InChI=1S/C21H24N4/c1-16(2)23-20-15-19(22-14-13-17-9-5-3-6-10-17)24-21(25-20)18-11-7-4-8-12-18/h3-12,15-16H,13-14H2,1-2H3,(H2,22,23,24,25). The average molecular weight is 332 g/mol. The third-order valence-electron chi connectivity index (χ3n) is 3.76. The van der Waals surface area contributed by atoms with Crippen LogP contribution in [-0.4, -0.2) is 22.6 Å². The lowest BCUT2D eigenvalue weighted by Crippen LogP contribution is -2.13. The second-order valence-electron chi connectivity index (χ2n) is 6.29. The van der Waals surface area contributed by atoms with Crippen molar-refractivity contribution in [1.29, 1.82) is 0 Å². The molecule has 0 saturated carbocycles. The van der Waals surface area contributed by atoms with E-state index < -0.39 is 0 Å². The predicted molar refractivity (Wildman–Crippen MR) is 105 cm³/mol. The molecule has 3 rings (SSSR count). The van der Waals surface area contributed by atoms with E-state index in [1.54, 1.807) is 0 Å². The van der Waals surface area contributed by atoms with Crippen LogP contribution in [0.3, 0.4) is 0 Å². The van der Waals surface area contributed by atoms with Gasteiger partial charge in [0, 0.05) is 24.2 Å². The Labute approximate surface area is 149 Å². The summed E-state index contributed by atoms with van der Waals surface area (Å²) in [5, 5.41) is 6.80. The summed E-state index contributed by atoms with van der Waals surface area (Å²) < 4.78 is 0. The first-order valence-electron chi connectivity index (χ1n) is 8.69. The normalized spacial score (nSPS) is 10.7. The van der Waals surface area contributed by atoms with Gasteiger partial charge >= 0.3 is 0 Å². The number of nitrogens with zero attached hydrogens (tertiary/aromatic N) is 2. The van der Waals surface area contributed by atoms with Crippen LogP contribution in [0.4, 0.5) is 11.6 Å². The molecule has 0 fully saturated rings. The van der Waals surface area contributed by atoms with Crippen LogP contribution < -0.4 is 10.6 Å². The van der Waals surface area contributed by atoms with E-state index >= 15 is 0 Å². The van der Waals surface area contributed by atoms with Gasteiger partial charge in [-0.3, -0.25) is 0 Å². The lowest BCUT2D eigenvalue weighted by atomic mass is 10.1. The highest BCUT2D eigenvalue weighted by Gasteiger charge is 2.07. The minimum Gasteiger partial charge on any atom is -0.370 e. The maximum atomic E-state index is 4.68. The summed E-state index contributed by atoms with van der Waals surface area (Å²) >= 11 is 0. The SMILES string of the molecule is CC(C)Nc1cc(NCCc2ccccc2)nc(-c2ccccc2)n1. The van der Waals surface area contributed by atoms with Gasteiger partial charge in [0.1, 0.15) is 11.6 Å². The lowest BCUT2D eigenvalue weighted by Gasteiger charge is -2.13. The summed E-state index contributed by atoms with van der Waals surface area (Å²) in [6.07, 6.45) is 0.957. The van der Waals surface area contributed by atoms with Crippen molar-refractivity contribution in [3.8, 4) is 11.4 Å². The highest BCUT2D eigenvalue weighted by Crippen LogP contribution is 2.20. The molecule has 4 nitrogen and oxygen atoms in total. The predicted octanol–water partition coefficient (Wildman–Crippen LogP) is 4.62. The van der Waals surface area contributed by atoms with Crippen molar-refractivity contribution >= 4 is 11.6 Å². The molecule has 0 unspecified atom stereocenters. The second-order valence-corrected chi connectivity index (χ2v) is 6.29. The number of nitrogens with one attached hydrogen (secondary N) is 2. The molecular weight excluding hydrogens is 308 g/mol. The number of rotatable bonds is 7. The monoisotopic (exact) mass is 332 g/mol. The van der Waals surface area contributed by atoms with Crippen LogP contribution in [-0.2, 0) is 6.42 Å². The third kappa shape index (κ3) is 5.05. The summed E-state index contributed by atoms with van der Waals surface area (Å²) in [5.74, 6) is 2.41. The smallest absolute Gasteiger partial charge is 0.163 e. The molecule has 0 radical (unpaired) electrons. The van der Waals surface area contributed by atoms with Gasteiger partial charge in [0.2, 0.25) is 0 Å². The molecule has 4 heteroatoms. The van der Waals surface area contributed by atoms with Gasteiger partial charge < -0.3 is 10.6 Å². The van der Waals surface area contributed by atoms with E-state index in [-0.39, 0.29) is 0 Å². The fraction of sp³-hybridized carbons (Fsp3) is 0.238. The summed E-state index contributed by atoms with van der Waals surface area (Å²) in [6.45, 7) is 5.04. The Morgan fingerprint density at radius 3 is 2.16 bits per heavy atom. The fourth-order valence-corrected chi connectivity index (χ4v) is 2.60. The maximum absolute atomic E-state index is 4.68. The molecule has 25 heavy (non-hydrogen) atoms. The highest BCUT2D eigenvalue weighted by atomic mass is 15.1. The second kappa shape index (κ2) is 8.29. The van der Waals surface area contributed by atoms with Crippen LogP contribution in [0, 0.1) is 0 Å². The van der Waals surface area contributed by atoms with Gasteiger partial charge in [0.15, 0.2) is 5.82 Å². The Kier molecular flexibility index (Phi) is 5.62. The van der Waals surface area contributed by atoms with E-state index in [4.69, 9.17) is 0 Å². The van der Waals surface area contributed by atoms with Crippen molar-refractivity contribution in [2.45, 2.75) is 26.3 Å². The van der Waals surface area contributed by atoms with Crippen molar-refractivity contribution < 1.29 is 0 Å². The first kappa shape index (κ1) is 17.0. The molecule has 0 aliphatic heterocycles. The van der Waals surface area contributed by atoms with Crippen molar-refractivity contribution in [3.63, 3.8) is 0 Å². The van der Waals surface area contributed by atoms with Crippen LogP contribution in [0.15, 0.2) is 66.7 Å². The van der Waals surface area contributed by atoms with Crippen LogP contribution >= 0.6 is 0 Å². The molecule has 0 atom stereocenters. The molecule has 0 aliphatic rings. The molecule has 0 aliphatic carbocycles. The third-order valence-corrected chi connectivity index (χ3v) is 3.76. The van der Waals surface area contributed by atoms with Crippen molar-refractivity contribution in [2.24, 2.45) is 0 Å². The zero-order valence-electron chi connectivity index (χ0n) is 14.7. The molecule has 128 valence electrons. The Hall–Kier alpha value is -2.88. The molecule has 1 aromatic heterocycles. The van der Waals surface area contributed by atoms with Gasteiger partial charge in [0.25, 0.3) is 0 Å². The molecule has 2 N–H and O–H groups in total. The van der Waals surface area contributed by atoms with Gasteiger partial charge in [-0.2, -0.15) is 0 Å². The van der Waals surface area contributed by atoms with Gasteiger partial charge in [-0.1, -0.05) is 60.7 Å². The number of hydrogen-bond acceptors (Lipinski definition) is 4. The number of aromatic nitrogens is 2. The minimum atomic E-state index is 0.315. The van der Waals surface area contributed by atoms with E-state index in [2.05, 4.69) is 58.7 Å². The van der Waals surface area contributed by atoms with E-state index in [0.29, 0.717) is 6.04 Å². The summed E-state index contributed by atoms with van der Waals surface area (Å²) in [6, 6.07) is 22.8. The molecule has 0 amide bonds. The minimum absolute atomic E-state index is 0.315. The molecule has 3 aromatic rings. The number of benzene rings is 2. The molecular formula is C21H24N4. The fourth-order valence-electron chi connectivity index (χ4n) is 2.60. The Morgan fingerprint density at radius 2 is 1.48 bits per heavy atom. The number of hydrogen-bond donors (Lipinski definition) is 2. The summed E-state index contributed by atoms with van der Waals surface area (Å²) in [7, 11) is 0. The van der Waals surface area contributed by atoms with E-state index in [1.165, 1.54) is 5.56 Å². The molecule has 1 heterocycles. The first-order valence-corrected chi connectivity index (χ1v) is 8.69. The van der Waals surface area contributed by atoms with Crippen LogP contribution in [0.1, 0.15) is 19.4 Å². The first-order chi connectivity index (χ1) is 12.2. The quantitative estimate of drug-likeness (QED) is 0.663. The average Bonchev–Trinajstić information content (AvgIpc) is 2.63. The van der Waals surface area contributed by atoms with Crippen LogP contribution in [0.5, 0.6) is 0 Å². The van der Waals surface area contributed by atoms with E-state index in [9.17, 15) is 0 Å². The zero-order chi connectivity index (χ0) is 17.5. The van der Waals surface area contributed by atoms with Gasteiger partial charge in [-0.15, -0.1) is 0 Å². The molecule has 0 saturated heterocycles. The summed E-state index contributed by atoms with van der Waals surface area (Å²) in [5.41, 5.74) is 2.33. The Balaban J connectivity index is 1.77. The molecule has 0 bridgehead atoms. The van der Waals surface area contributed by atoms with Crippen molar-refractivity contribution in [1.82, 2.24) is 9.97 Å². The largest absolute Gasteiger partial charge is 0.370 e. The Morgan fingerprint density at radius 1 is 0.840 bits per heavy atom. The maximum Gasteiger partial charge on any atom is 0.163 e. The summed E-state index contributed by atoms with van der Waals surface area (Å²) in [4.78, 5) is 9.33. The molecule has 0 spiro atoms. The topological polar surface area (TPSA) is 49.8 Å².